The lowest BCUT2D eigenvalue weighted by atomic mass is 10.0. The van der Waals surface area contributed by atoms with Gasteiger partial charge < -0.3 is 9.47 Å². The minimum atomic E-state index is 0.399. The summed E-state index contributed by atoms with van der Waals surface area (Å²) < 4.78 is 10.7. The van der Waals surface area contributed by atoms with E-state index in [1.165, 1.54) is 0 Å². The molecule has 2 aromatic rings. The van der Waals surface area contributed by atoms with E-state index in [0.717, 1.165) is 34.6 Å². The molecule has 2 aromatic carbocycles. The van der Waals surface area contributed by atoms with Gasteiger partial charge in [-0.1, -0.05) is 24.3 Å². The molecule has 3 nitrogen and oxygen atoms in total. The van der Waals surface area contributed by atoms with Gasteiger partial charge in [0, 0.05) is 6.42 Å². The van der Waals surface area contributed by atoms with Crippen LogP contribution < -0.4 is 9.47 Å². The lowest BCUT2D eigenvalue weighted by molar-refractivity contribution is 0.409. The molecule has 2 rings (SSSR count). The molecule has 0 spiro atoms. The van der Waals surface area contributed by atoms with Gasteiger partial charge in [-0.3, -0.25) is 0 Å². The molecule has 0 radical (unpaired) electrons. The first kappa shape index (κ1) is 14.0. The number of methoxy groups -OCH3 is 2. The van der Waals surface area contributed by atoms with E-state index < -0.39 is 0 Å². The average Bonchev–Trinajstić information content (AvgIpc) is 2.49. The Bertz CT molecular complexity index is 629. The summed E-state index contributed by atoms with van der Waals surface area (Å²) >= 11 is 0. The third-order valence-electron chi connectivity index (χ3n) is 3.16. The van der Waals surface area contributed by atoms with E-state index in [1.807, 2.05) is 36.4 Å². The Hall–Kier alpha value is -2.47. The second-order valence-electron chi connectivity index (χ2n) is 4.51. The van der Waals surface area contributed by atoms with Crippen molar-refractivity contribution in [2.45, 2.75) is 12.8 Å². The zero-order chi connectivity index (χ0) is 14.4. The van der Waals surface area contributed by atoms with Crippen molar-refractivity contribution in [1.82, 2.24) is 0 Å². The summed E-state index contributed by atoms with van der Waals surface area (Å²) in [5, 5.41) is 8.74. The number of rotatable bonds is 5. The van der Waals surface area contributed by atoms with E-state index in [4.69, 9.17) is 14.7 Å². The largest absolute Gasteiger partial charge is 0.497 e. The number of nitrogens with zero attached hydrogens (tertiary/aromatic N) is 1. The molecule has 0 heterocycles. The summed E-state index contributed by atoms with van der Waals surface area (Å²) in [6.07, 6.45) is 1.17. The topological polar surface area (TPSA) is 42.2 Å². The molecule has 0 aromatic heterocycles. The maximum Gasteiger partial charge on any atom is 0.122 e. The first-order chi connectivity index (χ1) is 9.76. The quantitative estimate of drug-likeness (QED) is 0.834. The lowest BCUT2D eigenvalue weighted by Gasteiger charge is -2.10. The molecule has 0 saturated heterocycles. The van der Waals surface area contributed by atoms with Crippen LogP contribution in [0.1, 0.15) is 16.7 Å². The summed E-state index contributed by atoms with van der Waals surface area (Å²) in [4.78, 5) is 0. The van der Waals surface area contributed by atoms with Gasteiger partial charge in [0.05, 0.1) is 26.7 Å². The Labute approximate surface area is 119 Å². The summed E-state index contributed by atoms with van der Waals surface area (Å²) in [7, 11) is 3.32. The molecule has 3 heteroatoms. The molecule has 102 valence electrons. The van der Waals surface area contributed by atoms with Crippen LogP contribution in [0.4, 0.5) is 0 Å². The first-order valence-electron chi connectivity index (χ1n) is 6.42. The number of hydrogen-bond donors (Lipinski definition) is 0. The molecule has 0 amide bonds. The van der Waals surface area contributed by atoms with Gasteiger partial charge in [0.15, 0.2) is 0 Å². The van der Waals surface area contributed by atoms with Gasteiger partial charge in [-0.15, -0.1) is 0 Å². The zero-order valence-corrected chi connectivity index (χ0v) is 11.7. The minimum absolute atomic E-state index is 0.399. The van der Waals surface area contributed by atoms with Gasteiger partial charge in [0.25, 0.3) is 0 Å². The Morgan fingerprint density at radius 3 is 2.55 bits per heavy atom. The fraction of sp³-hybridized carbons (Fsp3) is 0.235. The van der Waals surface area contributed by atoms with Crippen LogP contribution in [0.5, 0.6) is 11.5 Å². The maximum absolute atomic E-state index is 8.74. The third-order valence-corrected chi connectivity index (χ3v) is 3.16. The van der Waals surface area contributed by atoms with Crippen molar-refractivity contribution in [3.8, 4) is 17.6 Å². The van der Waals surface area contributed by atoms with Crippen molar-refractivity contribution >= 4 is 0 Å². The summed E-state index contributed by atoms with van der Waals surface area (Å²) in [5.74, 6) is 1.67. The predicted molar refractivity (Wildman–Crippen MR) is 78.1 cm³/mol. The zero-order valence-electron chi connectivity index (χ0n) is 11.7. The number of nitriles is 1. The molecular weight excluding hydrogens is 250 g/mol. The van der Waals surface area contributed by atoms with Gasteiger partial charge in [0.2, 0.25) is 0 Å². The highest BCUT2D eigenvalue weighted by Gasteiger charge is 2.06. The van der Waals surface area contributed by atoms with Crippen molar-refractivity contribution in [1.29, 1.82) is 5.26 Å². The molecule has 0 aliphatic rings. The van der Waals surface area contributed by atoms with Crippen molar-refractivity contribution < 1.29 is 9.47 Å². The van der Waals surface area contributed by atoms with Crippen molar-refractivity contribution in [3.63, 3.8) is 0 Å². The van der Waals surface area contributed by atoms with Crippen LogP contribution in [0.15, 0.2) is 42.5 Å². The van der Waals surface area contributed by atoms with E-state index in [9.17, 15) is 0 Å². The van der Waals surface area contributed by atoms with Crippen molar-refractivity contribution in [2.24, 2.45) is 0 Å². The lowest BCUT2D eigenvalue weighted by Crippen LogP contribution is -1.96. The number of hydrogen-bond acceptors (Lipinski definition) is 3. The minimum Gasteiger partial charge on any atom is -0.497 e. The van der Waals surface area contributed by atoms with E-state index >= 15 is 0 Å². The van der Waals surface area contributed by atoms with Crippen molar-refractivity contribution in [3.05, 3.63) is 59.2 Å². The van der Waals surface area contributed by atoms with Crippen LogP contribution in [0.3, 0.4) is 0 Å². The fourth-order valence-corrected chi connectivity index (χ4v) is 2.14. The Morgan fingerprint density at radius 1 is 1.00 bits per heavy atom. The van der Waals surface area contributed by atoms with Crippen LogP contribution in [0.2, 0.25) is 0 Å². The molecule has 0 aliphatic carbocycles. The van der Waals surface area contributed by atoms with Crippen LogP contribution in [0.25, 0.3) is 0 Å². The Kier molecular flexibility index (Phi) is 4.62. The first-order valence-corrected chi connectivity index (χ1v) is 6.42. The highest BCUT2D eigenvalue weighted by atomic mass is 16.5. The third kappa shape index (κ3) is 3.30. The van der Waals surface area contributed by atoms with E-state index in [1.54, 1.807) is 14.2 Å². The second-order valence-corrected chi connectivity index (χ2v) is 4.51. The van der Waals surface area contributed by atoms with Gasteiger partial charge >= 0.3 is 0 Å². The summed E-state index contributed by atoms with van der Waals surface area (Å²) in [5.41, 5.74) is 3.23. The SMILES string of the molecule is COc1cccc(Cc2ccc(CC#N)cc2OC)c1. The molecular formula is C17H17NO2. The molecule has 0 unspecified atom stereocenters. The van der Waals surface area contributed by atoms with Gasteiger partial charge in [0.1, 0.15) is 11.5 Å². The summed E-state index contributed by atoms with van der Waals surface area (Å²) in [6.45, 7) is 0. The van der Waals surface area contributed by atoms with Crippen LogP contribution >= 0.6 is 0 Å². The number of ether oxygens (including phenoxy) is 2. The van der Waals surface area contributed by atoms with Crippen LogP contribution in [-0.2, 0) is 12.8 Å². The molecule has 0 bridgehead atoms. The average molecular weight is 267 g/mol. The monoisotopic (exact) mass is 267 g/mol. The van der Waals surface area contributed by atoms with E-state index in [0.29, 0.717) is 6.42 Å². The van der Waals surface area contributed by atoms with Gasteiger partial charge in [-0.2, -0.15) is 5.26 Å². The summed E-state index contributed by atoms with van der Waals surface area (Å²) in [6, 6.07) is 16.1. The smallest absolute Gasteiger partial charge is 0.122 e. The standard InChI is InChI=1S/C17H17NO2/c1-19-16-5-3-4-14(11-16)10-15-7-6-13(8-9-18)12-17(15)20-2/h3-7,11-12H,8,10H2,1-2H3. The molecule has 20 heavy (non-hydrogen) atoms. The van der Waals surface area contributed by atoms with E-state index in [-0.39, 0.29) is 0 Å². The molecule has 0 saturated carbocycles. The Balaban J connectivity index is 2.26. The predicted octanol–water partition coefficient (Wildman–Crippen LogP) is 3.36. The number of benzene rings is 2. The van der Waals surface area contributed by atoms with Crippen molar-refractivity contribution in [2.75, 3.05) is 14.2 Å². The highest BCUT2D eigenvalue weighted by molar-refractivity contribution is 5.42. The fourth-order valence-electron chi connectivity index (χ4n) is 2.14. The second kappa shape index (κ2) is 6.63. The maximum atomic E-state index is 8.74. The highest BCUT2D eigenvalue weighted by Crippen LogP contribution is 2.24. The van der Waals surface area contributed by atoms with Crippen LogP contribution in [0, 0.1) is 11.3 Å². The van der Waals surface area contributed by atoms with Gasteiger partial charge in [-0.25, -0.2) is 0 Å². The van der Waals surface area contributed by atoms with Crippen LogP contribution in [-0.4, -0.2) is 14.2 Å². The Morgan fingerprint density at radius 2 is 1.85 bits per heavy atom. The molecule has 0 atom stereocenters. The van der Waals surface area contributed by atoms with Gasteiger partial charge in [-0.05, 0) is 34.9 Å². The normalized spacial score (nSPS) is 9.85. The van der Waals surface area contributed by atoms with E-state index in [2.05, 4.69) is 12.1 Å². The molecule has 0 fully saturated rings. The molecule has 0 aliphatic heterocycles. The molecule has 0 N–H and O–H groups in total.